The minimum Gasteiger partial charge on any atom is -0.387 e. The third kappa shape index (κ3) is 4.87. The summed E-state index contributed by atoms with van der Waals surface area (Å²) >= 11 is 0. The van der Waals surface area contributed by atoms with Crippen LogP contribution in [0.3, 0.4) is 0 Å². The minimum absolute atomic E-state index is 0.166. The molecule has 0 aliphatic heterocycles. The van der Waals surface area contributed by atoms with Crippen molar-refractivity contribution in [3.63, 3.8) is 0 Å². The van der Waals surface area contributed by atoms with E-state index >= 15 is 0 Å². The first kappa shape index (κ1) is 16.5. The van der Waals surface area contributed by atoms with Crippen LogP contribution in [0.4, 0.5) is 5.69 Å². The summed E-state index contributed by atoms with van der Waals surface area (Å²) in [6.07, 6.45) is 3.22. The predicted octanol–water partition coefficient (Wildman–Crippen LogP) is 3.95. The topological polar surface area (TPSA) is 53.1 Å². The van der Waals surface area contributed by atoms with Gasteiger partial charge in [0, 0.05) is 24.2 Å². The van der Waals surface area contributed by atoms with E-state index in [1.54, 1.807) is 0 Å². The Morgan fingerprint density at radius 2 is 2.00 bits per heavy atom. The summed E-state index contributed by atoms with van der Waals surface area (Å²) in [4.78, 5) is 2.41. The second-order valence-corrected chi connectivity index (χ2v) is 6.17. The van der Waals surface area contributed by atoms with Crippen molar-refractivity contribution >= 4 is 11.5 Å². The van der Waals surface area contributed by atoms with Crippen LogP contribution >= 0.6 is 0 Å². The maximum absolute atomic E-state index is 7.58. The molecule has 0 spiro atoms. The number of aryl methyl sites for hydroxylation is 1. The van der Waals surface area contributed by atoms with Crippen molar-refractivity contribution < 1.29 is 0 Å². The monoisotopic (exact) mass is 275 g/mol. The van der Waals surface area contributed by atoms with Crippen LogP contribution in [0.2, 0.25) is 0 Å². The Morgan fingerprint density at radius 1 is 1.30 bits per heavy atom. The quantitative estimate of drug-likeness (QED) is 0.429. The van der Waals surface area contributed by atoms with Gasteiger partial charge in [0.05, 0.1) is 5.84 Å². The molecular weight excluding hydrogens is 246 g/mol. The van der Waals surface area contributed by atoms with Gasteiger partial charge in [0.1, 0.15) is 0 Å². The maximum Gasteiger partial charge on any atom is 0.0963 e. The molecule has 3 nitrogen and oxygen atoms in total. The number of nitrogens with two attached hydrogens (primary N) is 1. The Hall–Kier alpha value is -1.51. The van der Waals surface area contributed by atoms with Crippen LogP contribution < -0.4 is 10.6 Å². The van der Waals surface area contributed by atoms with Gasteiger partial charge in [0.25, 0.3) is 0 Å². The van der Waals surface area contributed by atoms with Crippen molar-refractivity contribution in [2.75, 3.05) is 18.0 Å². The summed E-state index contributed by atoms with van der Waals surface area (Å²) in [5, 5.41) is 7.58. The lowest BCUT2D eigenvalue weighted by Crippen LogP contribution is -2.31. The van der Waals surface area contributed by atoms with E-state index in [2.05, 4.69) is 43.0 Å². The van der Waals surface area contributed by atoms with Crippen molar-refractivity contribution in [2.45, 2.75) is 47.0 Å². The van der Waals surface area contributed by atoms with E-state index in [9.17, 15) is 0 Å². The van der Waals surface area contributed by atoms with Gasteiger partial charge in [0.2, 0.25) is 0 Å². The van der Waals surface area contributed by atoms with E-state index < -0.39 is 0 Å². The molecule has 3 heteroatoms. The fourth-order valence-electron chi connectivity index (χ4n) is 2.30. The van der Waals surface area contributed by atoms with Crippen LogP contribution in [0.15, 0.2) is 24.3 Å². The molecule has 3 N–H and O–H groups in total. The zero-order valence-electron chi connectivity index (χ0n) is 13.4. The van der Waals surface area contributed by atoms with E-state index in [1.165, 1.54) is 11.3 Å². The summed E-state index contributed by atoms with van der Waals surface area (Å²) in [5.74, 6) is 0.295. The Bertz CT molecular complexity index is 438. The summed E-state index contributed by atoms with van der Waals surface area (Å²) in [6, 6.07) is 8.66. The molecule has 0 radical (unpaired) electrons. The van der Waals surface area contributed by atoms with Crippen LogP contribution in [0.5, 0.6) is 0 Å². The van der Waals surface area contributed by atoms with Gasteiger partial charge in [-0.3, -0.25) is 5.41 Å². The van der Waals surface area contributed by atoms with Gasteiger partial charge in [-0.1, -0.05) is 32.4 Å². The first-order chi connectivity index (χ1) is 9.36. The van der Waals surface area contributed by atoms with Gasteiger partial charge in [-0.2, -0.15) is 0 Å². The number of nitrogens with zero attached hydrogens (tertiary/aromatic N) is 1. The normalized spacial score (nSPS) is 11.4. The third-order valence-electron chi connectivity index (χ3n) is 3.96. The zero-order chi connectivity index (χ0) is 15.2. The Kier molecular flexibility index (Phi) is 6.05. The van der Waals surface area contributed by atoms with Gasteiger partial charge in [-0.25, -0.2) is 0 Å². The second kappa shape index (κ2) is 7.32. The lowest BCUT2D eigenvalue weighted by Gasteiger charge is -2.26. The Labute approximate surface area is 123 Å². The first-order valence-corrected chi connectivity index (χ1v) is 7.53. The third-order valence-corrected chi connectivity index (χ3v) is 3.96. The molecule has 1 rings (SSSR count). The van der Waals surface area contributed by atoms with E-state index in [4.69, 9.17) is 11.1 Å². The number of nitrogens with one attached hydrogen (secondary N) is 1. The number of anilines is 1. The summed E-state index contributed by atoms with van der Waals surface area (Å²) in [7, 11) is 0. The van der Waals surface area contributed by atoms with Crippen LogP contribution in [0.1, 0.15) is 45.6 Å². The molecule has 0 heterocycles. The van der Waals surface area contributed by atoms with Gasteiger partial charge in [-0.05, 0) is 44.4 Å². The van der Waals surface area contributed by atoms with Crippen LogP contribution in [0.25, 0.3) is 0 Å². The minimum atomic E-state index is -0.166. The van der Waals surface area contributed by atoms with E-state index in [-0.39, 0.29) is 5.41 Å². The second-order valence-electron chi connectivity index (χ2n) is 6.17. The number of benzene rings is 1. The lowest BCUT2D eigenvalue weighted by atomic mass is 9.86. The highest BCUT2D eigenvalue weighted by molar-refractivity contribution is 5.82. The fourth-order valence-corrected chi connectivity index (χ4v) is 2.30. The molecule has 0 aromatic heterocycles. The molecule has 0 aliphatic rings. The van der Waals surface area contributed by atoms with Gasteiger partial charge < -0.3 is 10.6 Å². The predicted molar refractivity (Wildman–Crippen MR) is 88.6 cm³/mol. The lowest BCUT2D eigenvalue weighted by molar-refractivity contribution is 0.441. The molecule has 0 aliphatic carbocycles. The number of hydrogen-bond donors (Lipinski definition) is 2. The average Bonchev–Trinajstić information content (AvgIpc) is 2.38. The highest BCUT2D eigenvalue weighted by Crippen LogP contribution is 2.23. The smallest absolute Gasteiger partial charge is 0.0963 e. The van der Waals surface area contributed by atoms with Crippen molar-refractivity contribution in [2.24, 2.45) is 11.1 Å². The number of hydrogen-bond acceptors (Lipinski definition) is 2. The highest BCUT2D eigenvalue weighted by atomic mass is 15.1. The van der Waals surface area contributed by atoms with Crippen molar-refractivity contribution in [1.29, 1.82) is 5.41 Å². The van der Waals surface area contributed by atoms with Crippen molar-refractivity contribution in [1.82, 2.24) is 0 Å². The molecule has 0 unspecified atom stereocenters. The standard InChI is InChI=1S/C17H29N3/c1-5-20(15-10-8-9-14(2)13-15)12-7-6-11-17(3,4)16(18)19/h8-10,13H,5-7,11-12H2,1-4H3,(H3,18,19). The molecule has 0 fully saturated rings. The SMILES string of the molecule is CCN(CCCCC(C)(C)C(=N)N)c1cccc(C)c1. The fraction of sp³-hybridized carbons (Fsp3) is 0.588. The Morgan fingerprint density at radius 3 is 2.55 bits per heavy atom. The van der Waals surface area contributed by atoms with Gasteiger partial charge in [-0.15, -0.1) is 0 Å². The number of amidine groups is 1. The molecule has 20 heavy (non-hydrogen) atoms. The largest absolute Gasteiger partial charge is 0.387 e. The molecule has 0 saturated carbocycles. The van der Waals surface area contributed by atoms with Crippen molar-refractivity contribution in [3.05, 3.63) is 29.8 Å². The number of rotatable bonds is 8. The molecule has 0 saturated heterocycles. The molecule has 112 valence electrons. The van der Waals surface area contributed by atoms with Crippen LogP contribution in [-0.4, -0.2) is 18.9 Å². The van der Waals surface area contributed by atoms with Gasteiger partial charge in [0.15, 0.2) is 0 Å². The molecule has 0 bridgehead atoms. The summed E-state index contributed by atoms with van der Waals surface area (Å²) in [6.45, 7) is 10.5. The Balaban J connectivity index is 2.45. The molecule has 0 amide bonds. The van der Waals surface area contributed by atoms with E-state index in [0.29, 0.717) is 5.84 Å². The van der Waals surface area contributed by atoms with Gasteiger partial charge >= 0.3 is 0 Å². The molecule has 1 aromatic carbocycles. The molecule has 1 aromatic rings. The molecule has 0 atom stereocenters. The van der Waals surface area contributed by atoms with Crippen LogP contribution in [0, 0.1) is 17.7 Å². The van der Waals surface area contributed by atoms with E-state index in [1.807, 2.05) is 13.8 Å². The van der Waals surface area contributed by atoms with E-state index in [0.717, 1.165) is 32.4 Å². The number of unbranched alkanes of at least 4 members (excludes halogenated alkanes) is 1. The van der Waals surface area contributed by atoms with Crippen LogP contribution in [-0.2, 0) is 0 Å². The van der Waals surface area contributed by atoms with Crippen molar-refractivity contribution in [3.8, 4) is 0 Å². The average molecular weight is 275 g/mol. The zero-order valence-corrected chi connectivity index (χ0v) is 13.4. The maximum atomic E-state index is 7.58. The highest BCUT2D eigenvalue weighted by Gasteiger charge is 2.20. The summed E-state index contributed by atoms with van der Waals surface area (Å²) < 4.78 is 0. The first-order valence-electron chi connectivity index (χ1n) is 7.53. The molecular formula is C17H29N3. The summed E-state index contributed by atoms with van der Waals surface area (Å²) in [5.41, 5.74) is 8.06.